The fourth-order valence-corrected chi connectivity index (χ4v) is 3.56. The van der Waals surface area contributed by atoms with Crippen molar-refractivity contribution in [1.29, 1.82) is 0 Å². The second-order valence-corrected chi connectivity index (χ2v) is 6.26. The molecule has 1 aliphatic carbocycles. The summed E-state index contributed by atoms with van der Waals surface area (Å²) in [7, 11) is 0. The molecular weight excluding hydrogens is 278 g/mol. The molecule has 3 unspecified atom stereocenters. The highest BCUT2D eigenvalue weighted by Crippen LogP contribution is 2.30. The minimum absolute atomic E-state index is 0.0409. The smallest absolute Gasteiger partial charge is 0.247 e. The predicted molar refractivity (Wildman–Crippen MR) is 83.8 cm³/mol. The first-order valence-corrected chi connectivity index (χ1v) is 8.05. The van der Waals surface area contributed by atoms with Crippen molar-refractivity contribution in [2.45, 2.75) is 37.8 Å². The van der Waals surface area contributed by atoms with Crippen LogP contribution in [0.2, 0.25) is 0 Å². The van der Waals surface area contributed by atoms with Crippen LogP contribution in [-0.2, 0) is 9.59 Å². The molecule has 3 rings (SSSR count). The van der Waals surface area contributed by atoms with Crippen molar-refractivity contribution in [3.63, 3.8) is 0 Å². The summed E-state index contributed by atoms with van der Waals surface area (Å²) in [4.78, 5) is 27.0. The first kappa shape index (κ1) is 15.0. The maximum absolute atomic E-state index is 12.9. The maximum Gasteiger partial charge on any atom is 0.247 e. The molecule has 0 radical (unpaired) electrons. The normalized spacial score (nSPS) is 29.0. The molecule has 118 valence electrons. The second kappa shape index (κ2) is 6.48. The molecule has 0 aromatic heterocycles. The van der Waals surface area contributed by atoms with E-state index in [0.29, 0.717) is 13.1 Å². The Morgan fingerprint density at radius 3 is 2.73 bits per heavy atom. The van der Waals surface area contributed by atoms with Gasteiger partial charge in [-0.2, -0.15) is 0 Å². The summed E-state index contributed by atoms with van der Waals surface area (Å²) in [5, 5.41) is 2.87. The van der Waals surface area contributed by atoms with Gasteiger partial charge in [0.1, 0.15) is 6.04 Å². The molecule has 0 bridgehead atoms. The Labute approximate surface area is 130 Å². The molecule has 3 atom stereocenters. The molecule has 1 aromatic rings. The van der Waals surface area contributed by atoms with Gasteiger partial charge in [-0.05, 0) is 24.8 Å². The van der Waals surface area contributed by atoms with Crippen LogP contribution >= 0.6 is 0 Å². The van der Waals surface area contributed by atoms with Crippen LogP contribution < -0.4 is 11.1 Å². The zero-order valence-corrected chi connectivity index (χ0v) is 12.7. The third kappa shape index (κ3) is 2.99. The molecule has 1 aromatic carbocycles. The maximum atomic E-state index is 12.9. The zero-order valence-electron chi connectivity index (χ0n) is 12.7. The van der Waals surface area contributed by atoms with Crippen LogP contribution in [0, 0.1) is 5.92 Å². The number of piperazine rings is 1. The summed E-state index contributed by atoms with van der Waals surface area (Å²) < 4.78 is 0. The highest BCUT2D eigenvalue weighted by Gasteiger charge is 2.38. The van der Waals surface area contributed by atoms with Gasteiger partial charge < -0.3 is 16.0 Å². The lowest BCUT2D eigenvalue weighted by atomic mass is 9.84. The van der Waals surface area contributed by atoms with E-state index in [2.05, 4.69) is 5.32 Å². The summed E-state index contributed by atoms with van der Waals surface area (Å²) in [6.07, 6.45) is 3.60. The fraction of sp³-hybridized carbons (Fsp3) is 0.529. The lowest BCUT2D eigenvalue weighted by Gasteiger charge is -2.38. The summed E-state index contributed by atoms with van der Waals surface area (Å²) in [5.41, 5.74) is 6.88. The van der Waals surface area contributed by atoms with Crippen LogP contribution in [0.3, 0.4) is 0 Å². The van der Waals surface area contributed by atoms with Crippen LogP contribution in [0.5, 0.6) is 0 Å². The van der Waals surface area contributed by atoms with Crippen molar-refractivity contribution >= 4 is 11.8 Å². The standard InChI is InChI=1S/C17H23N3O2/c18-14-8-4-7-13(11-14)17(22)20-10-9-19-16(21)15(20)12-5-2-1-3-6-12/h1-3,5-6,13-15H,4,7-11,18H2,(H,19,21). The van der Waals surface area contributed by atoms with E-state index in [-0.39, 0.29) is 23.8 Å². The summed E-state index contributed by atoms with van der Waals surface area (Å²) in [5.74, 6) is -0.0503. The molecule has 3 N–H and O–H groups in total. The lowest BCUT2D eigenvalue weighted by Crippen LogP contribution is -2.54. The molecule has 0 spiro atoms. The van der Waals surface area contributed by atoms with Crippen LogP contribution in [-0.4, -0.2) is 35.8 Å². The highest BCUT2D eigenvalue weighted by atomic mass is 16.2. The first-order valence-electron chi connectivity index (χ1n) is 8.05. The zero-order chi connectivity index (χ0) is 15.5. The van der Waals surface area contributed by atoms with E-state index in [0.717, 1.165) is 31.2 Å². The Bertz CT molecular complexity index is 546. The third-order valence-corrected chi connectivity index (χ3v) is 4.67. The number of hydrogen-bond acceptors (Lipinski definition) is 3. The molecule has 2 aliphatic rings. The Kier molecular flexibility index (Phi) is 4.43. The number of hydrogen-bond donors (Lipinski definition) is 2. The topological polar surface area (TPSA) is 75.4 Å². The number of nitrogens with zero attached hydrogens (tertiary/aromatic N) is 1. The van der Waals surface area contributed by atoms with Crippen LogP contribution in [0.15, 0.2) is 30.3 Å². The van der Waals surface area contributed by atoms with Gasteiger partial charge in [-0.15, -0.1) is 0 Å². The van der Waals surface area contributed by atoms with E-state index in [1.807, 2.05) is 30.3 Å². The average molecular weight is 301 g/mol. The number of carbonyl (C=O) groups excluding carboxylic acids is 2. The predicted octanol–water partition coefficient (Wildman–Crippen LogP) is 1.20. The minimum atomic E-state index is -0.513. The van der Waals surface area contributed by atoms with Crippen molar-refractivity contribution in [3.8, 4) is 0 Å². The van der Waals surface area contributed by atoms with E-state index >= 15 is 0 Å². The van der Waals surface area contributed by atoms with Crippen molar-refractivity contribution in [3.05, 3.63) is 35.9 Å². The third-order valence-electron chi connectivity index (χ3n) is 4.67. The Balaban J connectivity index is 1.83. The van der Waals surface area contributed by atoms with Crippen LogP contribution in [0.4, 0.5) is 0 Å². The first-order chi connectivity index (χ1) is 10.7. The average Bonchev–Trinajstić information content (AvgIpc) is 2.55. The van der Waals surface area contributed by atoms with Crippen LogP contribution in [0.25, 0.3) is 0 Å². The van der Waals surface area contributed by atoms with Gasteiger partial charge in [0.15, 0.2) is 0 Å². The molecule has 5 nitrogen and oxygen atoms in total. The number of carbonyl (C=O) groups is 2. The van der Waals surface area contributed by atoms with E-state index in [9.17, 15) is 9.59 Å². The van der Waals surface area contributed by atoms with Crippen molar-refractivity contribution in [2.24, 2.45) is 11.7 Å². The lowest BCUT2D eigenvalue weighted by molar-refractivity contribution is -0.147. The van der Waals surface area contributed by atoms with Crippen LogP contribution in [0.1, 0.15) is 37.3 Å². The van der Waals surface area contributed by atoms with Gasteiger partial charge >= 0.3 is 0 Å². The Hall–Kier alpha value is -1.88. The summed E-state index contributed by atoms with van der Waals surface area (Å²) in [6, 6.07) is 9.12. The number of nitrogens with one attached hydrogen (secondary N) is 1. The molecule has 22 heavy (non-hydrogen) atoms. The van der Waals surface area contributed by atoms with Gasteiger partial charge in [-0.25, -0.2) is 0 Å². The van der Waals surface area contributed by atoms with Gasteiger partial charge in [0.2, 0.25) is 11.8 Å². The van der Waals surface area contributed by atoms with Gasteiger partial charge in [-0.1, -0.05) is 36.8 Å². The molecule has 1 saturated carbocycles. The molecule has 1 aliphatic heterocycles. The van der Waals surface area contributed by atoms with E-state index in [4.69, 9.17) is 5.73 Å². The molecule has 2 amide bonds. The fourth-order valence-electron chi connectivity index (χ4n) is 3.56. The molecule has 1 saturated heterocycles. The summed E-state index contributed by atoms with van der Waals surface area (Å²) in [6.45, 7) is 1.09. The molecule has 5 heteroatoms. The van der Waals surface area contributed by atoms with Gasteiger partial charge in [0, 0.05) is 25.0 Å². The molecule has 1 heterocycles. The second-order valence-electron chi connectivity index (χ2n) is 6.26. The number of rotatable bonds is 2. The quantitative estimate of drug-likeness (QED) is 0.862. The van der Waals surface area contributed by atoms with Crippen molar-refractivity contribution < 1.29 is 9.59 Å². The largest absolute Gasteiger partial charge is 0.352 e. The number of nitrogens with two attached hydrogens (primary N) is 1. The van der Waals surface area contributed by atoms with E-state index < -0.39 is 6.04 Å². The minimum Gasteiger partial charge on any atom is -0.352 e. The number of benzene rings is 1. The number of amides is 2. The molecule has 2 fully saturated rings. The Morgan fingerprint density at radius 1 is 1.23 bits per heavy atom. The monoisotopic (exact) mass is 301 g/mol. The van der Waals surface area contributed by atoms with Gasteiger partial charge in [-0.3, -0.25) is 9.59 Å². The SMILES string of the molecule is NC1CCCC(C(=O)N2CCNC(=O)C2c2ccccc2)C1. The molecular formula is C17H23N3O2. The van der Waals surface area contributed by atoms with Crippen molar-refractivity contribution in [2.75, 3.05) is 13.1 Å². The highest BCUT2D eigenvalue weighted by molar-refractivity contribution is 5.90. The van der Waals surface area contributed by atoms with Gasteiger partial charge in [0.25, 0.3) is 0 Å². The summed E-state index contributed by atoms with van der Waals surface area (Å²) >= 11 is 0. The van der Waals surface area contributed by atoms with Crippen molar-refractivity contribution in [1.82, 2.24) is 10.2 Å². The van der Waals surface area contributed by atoms with Gasteiger partial charge in [0.05, 0.1) is 0 Å². The van der Waals surface area contributed by atoms with E-state index in [1.54, 1.807) is 4.90 Å². The van der Waals surface area contributed by atoms with E-state index in [1.165, 1.54) is 0 Å². The Morgan fingerprint density at radius 2 is 2.00 bits per heavy atom.